The molecule has 32 heavy (non-hydrogen) atoms. The van der Waals surface area contributed by atoms with Gasteiger partial charge in [-0.2, -0.15) is 0 Å². The predicted molar refractivity (Wildman–Crippen MR) is 132 cm³/mol. The SMILES string of the molecule is Cc1ccc(S(=O)(=O)N[C@H](c2ccccc2)[C@@H](Br)C(=O)c2ccc3ccccc3c2)cc1. The molecule has 0 bridgehead atoms. The quantitative estimate of drug-likeness (QED) is 0.253. The third-order valence-corrected chi connectivity index (χ3v) is 7.75. The molecule has 0 unspecified atom stereocenters. The summed E-state index contributed by atoms with van der Waals surface area (Å²) < 4.78 is 29.0. The Morgan fingerprint density at radius 3 is 2.12 bits per heavy atom. The number of sulfonamides is 1. The lowest BCUT2D eigenvalue weighted by Crippen LogP contribution is -2.37. The van der Waals surface area contributed by atoms with Crippen molar-refractivity contribution in [3.63, 3.8) is 0 Å². The summed E-state index contributed by atoms with van der Waals surface area (Å²) in [6.07, 6.45) is 0. The lowest BCUT2D eigenvalue weighted by molar-refractivity contribution is 0.0982. The zero-order valence-electron chi connectivity index (χ0n) is 17.4. The van der Waals surface area contributed by atoms with Crippen molar-refractivity contribution >= 4 is 42.5 Å². The van der Waals surface area contributed by atoms with Gasteiger partial charge in [-0.1, -0.05) is 100 Å². The van der Waals surface area contributed by atoms with Gasteiger partial charge in [0, 0.05) is 5.56 Å². The van der Waals surface area contributed by atoms with Crippen LogP contribution in [-0.2, 0) is 10.0 Å². The van der Waals surface area contributed by atoms with E-state index in [1.165, 1.54) is 0 Å². The standard InChI is InChI=1S/C26H22BrNO3S/c1-18-11-15-23(16-12-18)32(30,31)28-25(20-8-3-2-4-9-20)24(27)26(29)22-14-13-19-7-5-6-10-21(19)17-22/h2-17,24-25,28H,1H3/t24-,25-/m1/s1. The molecular weight excluding hydrogens is 486 g/mol. The first-order chi connectivity index (χ1) is 15.3. The molecule has 0 aliphatic rings. The van der Waals surface area contributed by atoms with Gasteiger partial charge in [-0.05, 0) is 41.5 Å². The molecule has 4 aromatic rings. The minimum atomic E-state index is -3.85. The van der Waals surface area contributed by atoms with Gasteiger partial charge in [0.1, 0.15) is 0 Å². The Kier molecular flexibility index (Phi) is 6.55. The van der Waals surface area contributed by atoms with Crippen molar-refractivity contribution < 1.29 is 13.2 Å². The highest BCUT2D eigenvalue weighted by Gasteiger charge is 2.32. The summed E-state index contributed by atoms with van der Waals surface area (Å²) in [7, 11) is -3.85. The van der Waals surface area contributed by atoms with Crippen LogP contribution < -0.4 is 4.72 Å². The van der Waals surface area contributed by atoms with Gasteiger partial charge in [-0.3, -0.25) is 4.79 Å². The van der Waals surface area contributed by atoms with Crippen molar-refractivity contribution in [3.05, 3.63) is 114 Å². The molecule has 0 saturated heterocycles. The van der Waals surface area contributed by atoms with Crippen molar-refractivity contribution in [2.75, 3.05) is 0 Å². The van der Waals surface area contributed by atoms with Crippen LogP contribution in [0.1, 0.15) is 27.5 Å². The molecule has 4 nitrogen and oxygen atoms in total. The second-order valence-electron chi connectivity index (χ2n) is 7.65. The number of hydrogen-bond acceptors (Lipinski definition) is 3. The Morgan fingerprint density at radius 1 is 0.812 bits per heavy atom. The molecule has 0 spiro atoms. The maximum Gasteiger partial charge on any atom is 0.241 e. The van der Waals surface area contributed by atoms with E-state index in [0.29, 0.717) is 11.1 Å². The molecule has 4 rings (SSSR count). The van der Waals surface area contributed by atoms with E-state index < -0.39 is 20.9 Å². The summed E-state index contributed by atoms with van der Waals surface area (Å²) in [6.45, 7) is 1.90. The molecule has 2 atom stereocenters. The van der Waals surface area contributed by atoms with E-state index in [4.69, 9.17) is 0 Å². The van der Waals surface area contributed by atoms with Crippen LogP contribution in [0.15, 0.2) is 102 Å². The molecule has 162 valence electrons. The summed E-state index contributed by atoms with van der Waals surface area (Å²) in [4.78, 5) is 12.7. The van der Waals surface area contributed by atoms with E-state index in [2.05, 4.69) is 20.7 Å². The molecule has 0 radical (unpaired) electrons. The zero-order chi connectivity index (χ0) is 22.7. The van der Waals surface area contributed by atoms with Gasteiger partial charge in [-0.25, -0.2) is 13.1 Å². The van der Waals surface area contributed by atoms with E-state index in [1.54, 1.807) is 30.3 Å². The first-order valence-electron chi connectivity index (χ1n) is 10.2. The number of hydrogen-bond donors (Lipinski definition) is 1. The third kappa shape index (κ3) is 4.83. The van der Waals surface area contributed by atoms with Crippen molar-refractivity contribution in [2.45, 2.75) is 22.7 Å². The van der Waals surface area contributed by atoms with Crippen LogP contribution >= 0.6 is 15.9 Å². The fraction of sp³-hybridized carbons (Fsp3) is 0.115. The Hall–Kier alpha value is -2.80. The number of carbonyl (C=O) groups excluding carboxylic acids is 1. The maximum atomic E-state index is 13.4. The van der Waals surface area contributed by atoms with Gasteiger partial charge in [0.2, 0.25) is 10.0 Å². The molecule has 0 aliphatic heterocycles. The number of Topliss-reactive ketones (excluding diaryl/α,β-unsaturated/α-hetero) is 1. The second-order valence-corrected chi connectivity index (χ2v) is 10.4. The molecule has 6 heteroatoms. The van der Waals surface area contributed by atoms with Crippen LogP contribution in [0.5, 0.6) is 0 Å². The van der Waals surface area contributed by atoms with Gasteiger partial charge in [0.05, 0.1) is 15.8 Å². The topological polar surface area (TPSA) is 63.2 Å². The molecule has 0 amide bonds. The molecule has 1 N–H and O–H groups in total. The average Bonchev–Trinajstić information content (AvgIpc) is 2.82. The molecule has 4 aromatic carbocycles. The van der Waals surface area contributed by atoms with Gasteiger partial charge in [-0.15, -0.1) is 0 Å². The number of fused-ring (bicyclic) bond motifs is 1. The Bertz CT molecular complexity index is 1350. The van der Waals surface area contributed by atoms with Crippen molar-refractivity contribution in [2.24, 2.45) is 0 Å². The van der Waals surface area contributed by atoms with E-state index in [-0.39, 0.29) is 10.7 Å². The molecule has 0 heterocycles. The molecule has 0 aromatic heterocycles. The van der Waals surface area contributed by atoms with E-state index in [1.807, 2.05) is 73.7 Å². The molecular formula is C26H22BrNO3S. The lowest BCUT2D eigenvalue weighted by atomic mass is 9.97. The number of benzene rings is 4. The van der Waals surface area contributed by atoms with Gasteiger partial charge in [0.15, 0.2) is 5.78 Å². The number of halogens is 1. The average molecular weight is 508 g/mol. The van der Waals surface area contributed by atoms with Crippen LogP contribution in [0.3, 0.4) is 0 Å². The third-order valence-electron chi connectivity index (χ3n) is 5.35. The highest BCUT2D eigenvalue weighted by atomic mass is 79.9. The smallest absolute Gasteiger partial charge is 0.241 e. The van der Waals surface area contributed by atoms with Crippen LogP contribution in [0.25, 0.3) is 10.8 Å². The number of carbonyl (C=O) groups is 1. The van der Waals surface area contributed by atoms with Gasteiger partial charge >= 0.3 is 0 Å². The number of ketones is 1. The normalized spacial score (nSPS) is 13.6. The zero-order valence-corrected chi connectivity index (χ0v) is 19.8. The van der Waals surface area contributed by atoms with Crippen LogP contribution in [0.4, 0.5) is 0 Å². The summed E-state index contributed by atoms with van der Waals surface area (Å²) in [5.74, 6) is -0.198. The van der Waals surface area contributed by atoms with Crippen molar-refractivity contribution in [1.29, 1.82) is 0 Å². The summed E-state index contributed by atoms with van der Waals surface area (Å²) in [5, 5.41) is 1.99. The largest absolute Gasteiger partial charge is 0.293 e. The maximum absolute atomic E-state index is 13.4. The predicted octanol–water partition coefficient (Wildman–Crippen LogP) is 5.81. The Morgan fingerprint density at radius 2 is 1.44 bits per heavy atom. The number of nitrogens with one attached hydrogen (secondary N) is 1. The summed E-state index contributed by atoms with van der Waals surface area (Å²) in [6, 6.07) is 28.3. The molecule has 0 saturated carbocycles. The Balaban J connectivity index is 1.69. The highest BCUT2D eigenvalue weighted by Crippen LogP contribution is 2.29. The number of rotatable bonds is 7. The van der Waals surface area contributed by atoms with Crippen molar-refractivity contribution in [3.8, 4) is 0 Å². The molecule has 0 aliphatic carbocycles. The van der Waals surface area contributed by atoms with Crippen LogP contribution in [0.2, 0.25) is 0 Å². The minimum Gasteiger partial charge on any atom is -0.293 e. The summed E-state index contributed by atoms with van der Waals surface area (Å²) >= 11 is 3.51. The van der Waals surface area contributed by atoms with E-state index in [0.717, 1.165) is 16.3 Å². The van der Waals surface area contributed by atoms with Crippen molar-refractivity contribution in [1.82, 2.24) is 4.72 Å². The monoisotopic (exact) mass is 507 g/mol. The number of alkyl halides is 1. The fourth-order valence-corrected chi connectivity index (χ4v) is 5.68. The highest BCUT2D eigenvalue weighted by molar-refractivity contribution is 9.10. The Labute approximate surface area is 196 Å². The molecule has 0 fully saturated rings. The van der Waals surface area contributed by atoms with E-state index in [9.17, 15) is 13.2 Å². The second kappa shape index (κ2) is 9.36. The van der Waals surface area contributed by atoms with Gasteiger partial charge in [0.25, 0.3) is 0 Å². The van der Waals surface area contributed by atoms with Crippen LogP contribution in [0, 0.1) is 6.92 Å². The summed E-state index contributed by atoms with van der Waals surface area (Å²) in [5.41, 5.74) is 2.17. The fourth-order valence-electron chi connectivity index (χ4n) is 3.56. The minimum absolute atomic E-state index is 0.155. The first-order valence-corrected chi connectivity index (χ1v) is 12.6. The first kappa shape index (κ1) is 22.4. The van der Waals surface area contributed by atoms with E-state index >= 15 is 0 Å². The number of aryl methyl sites for hydroxylation is 1. The lowest BCUT2D eigenvalue weighted by Gasteiger charge is -2.24. The van der Waals surface area contributed by atoms with Gasteiger partial charge < -0.3 is 0 Å². The van der Waals surface area contributed by atoms with Crippen LogP contribution in [-0.4, -0.2) is 19.0 Å².